The molecule has 0 saturated carbocycles. The summed E-state index contributed by atoms with van der Waals surface area (Å²) in [5.41, 5.74) is 9.32. The minimum atomic E-state index is -0.0735. The van der Waals surface area contributed by atoms with Crippen molar-refractivity contribution in [1.29, 1.82) is 0 Å². The molecular formula is C20H24N2O3. The first-order valence-corrected chi connectivity index (χ1v) is 8.62. The summed E-state index contributed by atoms with van der Waals surface area (Å²) in [6.45, 7) is 7.67. The smallest absolute Gasteiger partial charge is 0.196 e. The lowest BCUT2D eigenvalue weighted by Crippen LogP contribution is -2.27. The molecule has 0 spiro atoms. The summed E-state index contributed by atoms with van der Waals surface area (Å²) >= 11 is 0. The largest absolute Gasteiger partial charge is 0.495 e. The highest BCUT2D eigenvalue weighted by atomic mass is 16.5. The Balaban J connectivity index is 1.94. The maximum absolute atomic E-state index is 12.8. The Bertz CT molecular complexity index is 798. The van der Waals surface area contributed by atoms with Gasteiger partial charge < -0.3 is 20.1 Å². The van der Waals surface area contributed by atoms with Crippen molar-refractivity contribution in [2.24, 2.45) is 0 Å². The van der Waals surface area contributed by atoms with Gasteiger partial charge in [-0.05, 0) is 36.9 Å². The number of methoxy groups -OCH3 is 1. The van der Waals surface area contributed by atoms with E-state index < -0.39 is 0 Å². The molecule has 0 fully saturated rings. The van der Waals surface area contributed by atoms with Crippen molar-refractivity contribution in [3.05, 3.63) is 41.5 Å². The summed E-state index contributed by atoms with van der Waals surface area (Å²) in [6, 6.07) is 9.25. The number of nitrogens with zero attached hydrogens (tertiary/aromatic N) is 1. The van der Waals surface area contributed by atoms with Crippen LogP contribution in [0.25, 0.3) is 11.1 Å². The lowest BCUT2D eigenvalue weighted by molar-refractivity contribution is 0.104. The van der Waals surface area contributed by atoms with E-state index in [2.05, 4.69) is 18.7 Å². The van der Waals surface area contributed by atoms with Crippen molar-refractivity contribution in [1.82, 2.24) is 4.90 Å². The van der Waals surface area contributed by atoms with Crippen LogP contribution < -0.4 is 15.2 Å². The van der Waals surface area contributed by atoms with E-state index in [1.54, 1.807) is 13.2 Å². The van der Waals surface area contributed by atoms with Crippen molar-refractivity contribution < 1.29 is 14.3 Å². The molecule has 1 aliphatic rings. The summed E-state index contributed by atoms with van der Waals surface area (Å²) in [7, 11) is 1.55. The van der Waals surface area contributed by atoms with Crippen molar-refractivity contribution in [2.45, 2.75) is 13.8 Å². The number of benzene rings is 2. The van der Waals surface area contributed by atoms with Crippen LogP contribution in [-0.2, 0) is 0 Å². The van der Waals surface area contributed by atoms with E-state index in [9.17, 15) is 4.79 Å². The maximum atomic E-state index is 12.8. The second-order valence-corrected chi connectivity index (χ2v) is 5.99. The topological polar surface area (TPSA) is 64.8 Å². The number of likely N-dealkylation sites (N-methyl/N-ethyl adjacent to an activating group) is 1. The number of nitrogens with two attached hydrogens (primary N) is 1. The summed E-state index contributed by atoms with van der Waals surface area (Å²) in [5.74, 6) is 1.17. The predicted octanol–water partition coefficient (Wildman–Crippen LogP) is 3.21. The Labute approximate surface area is 148 Å². The average molecular weight is 340 g/mol. The van der Waals surface area contributed by atoms with Crippen LogP contribution in [0.3, 0.4) is 0 Å². The molecule has 25 heavy (non-hydrogen) atoms. The molecule has 0 unspecified atom stereocenters. The van der Waals surface area contributed by atoms with Gasteiger partial charge in [-0.25, -0.2) is 0 Å². The highest BCUT2D eigenvalue weighted by Crippen LogP contribution is 2.46. The average Bonchev–Trinajstić information content (AvgIpc) is 2.93. The first-order chi connectivity index (χ1) is 12.1. The van der Waals surface area contributed by atoms with E-state index in [1.807, 2.05) is 24.3 Å². The molecule has 0 saturated heterocycles. The molecule has 0 atom stereocenters. The fourth-order valence-corrected chi connectivity index (χ4v) is 3.31. The highest BCUT2D eigenvalue weighted by Gasteiger charge is 2.32. The predicted molar refractivity (Wildman–Crippen MR) is 99.6 cm³/mol. The first-order valence-electron chi connectivity index (χ1n) is 8.62. The van der Waals surface area contributed by atoms with Crippen LogP contribution in [0, 0.1) is 0 Å². The minimum absolute atomic E-state index is 0.0735. The molecule has 3 rings (SSSR count). The molecule has 2 aromatic rings. The Hall–Kier alpha value is -2.53. The number of nitrogen functional groups attached to an aromatic ring is 1. The van der Waals surface area contributed by atoms with Crippen LogP contribution in [0.15, 0.2) is 30.3 Å². The quantitative estimate of drug-likeness (QED) is 0.669. The van der Waals surface area contributed by atoms with Crippen molar-refractivity contribution in [2.75, 3.05) is 39.1 Å². The second kappa shape index (κ2) is 7.15. The zero-order valence-corrected chi connectivity index (χ0v) is 15.0. The normalized spacial score (nSPS) is 12.2. The molecule has 0 heterocycles. The highest BCUT2D eigenvalue weighted by molar-refractivity contribution is 6.25. The number of rotatable bonds is 7. The zero-order chi connectivity index (χ0) is 18.0. The van der Waals surface area contributed by atoms with Gasteiger partial charge in [0.1, 0.15) is 18.1 Å². The summed E-state index contributed by atoms with van der Waals surface area (Å²) in [4.78, 5) is 15.1. The molecule has 0 aliphatic heterocycles. The van der Waals surface area contributed by atoms with Gasteiger partial charge in [-0.3, -0.25) is 4.79 Å². The lowest BCUT2D eigenvalue weighted by atomic mass is 10.0. The van der Waals surface area contributed by atoms with E-state index in [4.69, 9.17) is 15.2 Å². The van der Waals surface area contributed by atoms with E-state index in [0.717, 1.165) is 36.5 Å². The lowest BCUT2D eigenvalue weighted by Gasteiger charge is -2.19. The van der Waals surface area contributed by atoms with Crippen molar-refractivity contribution >= 4 is 11.5 Å². The molecule has 0 radical (unpaired) electrons. The summed E-state index contributed by atoms with van der Waals surface area (Å²) < 4.78 is 11.3. The number of hydrogen-bond acceptors (Lipinski definition) is 5. The van der Waals surface area contributed by atoms with E-state index in [1.165, 1.54) is 0 Å². The van der Waals surface area contributed by atoms with Gasteiger partial charge >= 0.3 is 0 Å². The number of ether oxygens (including phenoxy) is 2. The zero-order valence-electron chi connectivity index (χ0n) is 15.0. The van der Waals surface area contributed by atoms with Gasteiger partial charge in [-0.1, -0.05) is 26.0 Å². The molecule has 2 N–H and O–H groups in total. The second-order valence-electron chi connectivity index (χ2n) is 5.99. The number of anilines is 1. The Morgan fingerprint density at radius 2 is 1.76 bits per heavy atom. The van der Waals surface area contributed by atoms with Crippen LogP contribution in [0.1, 0.15) is 29.8 Å². The first kappa shape index (κ1) is 17.3. The third-order valence-corrected chi connectivity index (χ3v) is 4.75. The third-order valence-electron chi connectivity index (χ3n) is 4.75. The third kappa shape index (κ3) is 2.96. The molecule has 132 valence electrons. The van der Waals surface area contributed by atoms with Crippen LogP contribution in [-0.4, -0.2) is 44.0 Å². The molecule has 2 aromatic carbocycles. The van der Waals surface area contributed by atoms with Crippen LogP contribution in [0.4, 0.5) is 5.69 Å². The SMILES string of the molecule is CCN(CC)CCOc1cccc2c1-c1ccc(OC)c(N)c1C2=O. The van der Waals surface area contributed by atoms with Crippen LogP contribution in [0.2, 0.25) is 0 Å². The number of hydrogen-bond donors (Lipinski definition) is 1. The van der Waals surface area contributed by atoms with Gasteiger partial charge in [0, 0.05) is 17.7 Å². The van der Waals surface area contributed by atoms with Gasteiger partial charge in [-0.15, -0.1) is 0 Å². The van der Waals surface area contributed by atoms with Gasteiger partial charge in [0.25, 0.3) is 0 Å². The Kier molecular flexibility index (Phi) is 4.95. The summed E-state index contributed by atoms with van der Waals surface area (Å²) in [6.07, 6.45) is 0. The van der Waals surface area contributed by atoms with Crippen molar-refractivity contribution in [3.8, 4) is 22.6 Å². The van der Waals surface area contributed by atoms with Crippen molar-refractivity contribution in [3.63, 3.8) is 0 Å². The standard InChI is InChI=1S/C20H24N2O3/c1-4-22(5-2)11-12-25-15-8-6-7-14-17(15)13-9-10-16(24-3)19(21)18(13)20(14)23/h6-10H,4-5,11-12,21H2,1-3H3. The van der Waals surface area contributed by atoms with Gasteiger partial charge in [-0.2, -0.15) is 0 Å². The number of ketones is 1. The van der Waals surface area contributed by atoms with Crippen LogP contribution in [0.5, 0.6) is 11.5 Å². The molecule has 5 nitrogen and oxygen atoms in total. The van der Waals surface area contributed by atoms with E-state index in [-0.39, 0.29) is 5.78 Å². The fourth-order valence-electron chi connectivity index (χ4n) is 3.31. The summed E-state index contributed by atoms with van der Waals surface area (Å²) in [5, 5.41) is 0. The van der Waals surface area contributed by atoms with Gasteiger partial charge in [0.2, 0.25) is 0 Å². The minimum Gasteiger partial charge on any atom is -0.495 e. The molecule has 0 bridgehead atoms. The molecule has 5 heteroatoms. The molecular weight excluding hydrogens is 316 g/mol. The molecule has 1 aliphatic carbocycles. The number of fused-ring (bicyclic) bond motifs is 3. The molecule has 0 aromatic heterocycles. The van der Waals surface area contributed by atoms with E-state index >= 15 is 0 Å². The molecule has 0 amide bonds. The van der Waals surface area contributed by atoms with E-state index in [0.29, 0.717) is 29.2 Å². The van der Waals surface area contributed by atoms with Gasteiger partial charge in [0.05, 0.1) is 18.4 Å². The van der Waals surface area contributed by atoms with Gasteiger partial charge in [0.15, 0.2) is 5.78 Å². The number of carbonyl (C=O) groups excluding carboxylic acids is 1. The fraction of sp³-hybridized carbons (Fsp3) is 0.350. The Morgan fingerprint density at radius 1 is 1.00 bits per heavy atom. The van der Waals surface area contributed by atoms with Crippen LogP contribution >= 0.6 is 0 Å². The maximum Gasteiger partial charge on any atom is 0.196 e. The monoisotopic (exact) mass is 340 g/mol. The number of carbonyl (C=O) groups is 1. The Morgan fingerprint density at radius 3 is 2.44 bits per heavy atom.